The van der Waals surface area contributed by atoms with E-state index in [1.54, 1.807) is 27.9 Å². The summed E-state index contributed by atoms with van der Waals surface area (Å²) in [5.74, 6) is 0.114. The molecule has 0 aliphatic rings. The number of likely N-dealkylation sites (N-methyl/N-ethyl adjacent to an activating group) is 1. The molecule has 0 aliphatic carbocycles. The Morgan fingerprint density at radius 3 is 2.36 bits per heavy atom. The van der Waals surface area contributed by atoms with Crippen molar-refractivity contribution in [3.8, 4) is 5.75 Å². The maximum absolute atomic E-state index is 12.7. The second-order valence-corrected chi connectivity index (χ2v) is 6.81. The molecule has 1 amide bonds. The van der Waals surface area contributed by atoms with Gasteiger partial charge in [0.2, 0.25) is 0 Å². The molecule has 0 bridgehead atoms. The number of benzene rings is 1. The number of hydrogen-bond acceptors (Lipinski definition) is 5. The van der Waals surface area contributed by atoms with Crippen LogP contribution in [0.25, 0.3) is 0 Å². The maximum Gasteiger partial charge on any atom is 0.340 e. The zero-order valence-corrected chi connectivity index (χ0v) is 17.4. The molecule has 0 fully saturated rings. The fourth-order valence-corrected chi connectivity index (χ4v) is 3.19. The van der Waals surface area contributed by atoms with Crippen LogP contribution in [-0.4, -0.2) is 56.1 Å². The van der Waals surface area contributed by atoms with E-state index in [0.29, 0.717) is 29.1 Å². The van der Waals surface area contributed by atoms with Crippen LogP contribution in [0.3, 0.4) is 0 Å². The molecule has 0 saturated heterocycles. The number of H-pyrrole nitrogens is 1. The molecule has 2 N–H and O–H groups in total. The van der Waals surface area contributed by atoms with E-state index in [2.05, 4.69) is 10.3 Å². The van der Waals surface area contributed by atoms with E-state index < -0.39 is 5.97 Å². The van der Waals surface area contributed by atoms with Crippen molar-refractivity contribution in [2.75, 3.05) is 34.4 Å². The second kappa shape index (κ2) is 9.41. The lowest BCUT2D eigenvalue weighted by Crippen LogP contribution is -2.35. The van der Waals surface area contributed by atoms with E-state index in [0.717, 1.165) is 11.3 Å². The summed E-state index contributed by atoms with van der Waals surface area (Å²) in [6.07, 6.45) is 0. The summed E-state index contributed by atoms with van der Waals surface area (Å²) < 4.78 is 10.3. The van der Waals surface area contributed by atoms with Crippen LogP contribution in [0.2, 0.25) is 0 Å². The Kier molecular flexibility index (Phi) is 7.23. The van der Waals surface area contributed by atoms with Crippen LogP contribution in [0.4, 0.5) is 0 Å². The lowest BCUT2D eigenvalue weighted by Gasteiger charge is -2.25. The van der Waals surface area contributed by atoms with E-state index in [1.807, 2.05) is 43.3 Å². The number of nitrogens with zero attached hydrogens (tertiary/aromatic N) is 1. The van der Waals surface area contributed by atoms with Gasteiger partial charge in [0.1, 0.15) is 11.4 Å². The Morgan fingerprint density at radius 2 is 1.82 bits per heavy atom. The largest absolute Gasteiger partial charge is 0.497 e. The predicted molar refractivity (Wildman–Crippen MR) is 108 cm³/mol. The molecule has 2 aromatic rings. The van der Waals surface area contributed by atoms with Gasteiger partial charge in [-0.15, -0.1) is 0 Å². The Hall–Kier alpha value is -2.80. The van der Waals surface area contributed by atoms with E-state index >= 15 is 0 Å². The molecule has 1 aromatic carbocycles. The SMILES string of the molecule is CCOC(=O)c1c(C)[nH]c(C(=O)NC[C@H](c2ccc(OC)cc2)N(C)C)c1C. The monoisotopic (exact) mass is 387 g/mol. The van der Waals surface area contributed by atoms with Crippen molar-refractivity contribution in [3.05, 3.63) is 52.3 Å². The highest BCUT2D eigenvalue weighted by Crippen LogP contribution is 2.22. The zero-order valence-electron chi connectivity index (χ0n) is 17.4. The Morgan fingerprint density at radius 1 is 1.18 bits per heavy atom. The van der Waals surface area contributed by atoms with Crippen LogP contribution < -0.4 is 10.1 Å². The summed E-state index contributed by atoms with van der Waals surface area (Å²) >= 11 is 0. The minimum absolute atomic E-state index is 0.00394. The van der Waals surface area contributed by atoms with Gasteiger partial charge in [-0.25, -0.2) is 4.79 Å². The first kappa shape index (κ1) is 21.5. The molecule has 0 saturated carbocycles. The van der Waals surface area contributed by atoms with Gasteiger partial charge in [0.15, 0.2) is 0 Å². The number of aromatic nitrogens is 1. The molecule has 28 heavy (non-hydrogen) atoms. The molecule has 7 heteroatoms. The topological polar surface area (TPSA) is 83.7 Å². The molecule has 0 spiro atoms. The minimum Gasteiger partial charge on any atom is -0.497 e. The van der Waals surface area contributed by atoms with Gasteiger partial charge in [0.05, 0.1) is 25.3 Å². The van der Waals surface area contributed by atoms with Crippen molar-refractivity contribution in [3.63, 3.8) is 0 Å². The van der Waals surface area contributed by atoms with Crippen LogP contribution in [0, 0.1) is 13.8 Å². The van der Waals surface area contributed by atoms with Crippen molar-refractivity contribution < 1.29 is 19.1 Å². The number of nitrogens with one attached hydrogen (secondary N) is 2. The molecule has 152 valence electrons. The maximum atomic E-state index is 12.7. The van der Waals surface area contributed by atoms with Gasteiger partial charge < -0.3 is 24.7 Å². The normalized spacial score (nSPS) is 12.0. The van der Waals surface area contributed by atoms with Gasteiger partial charge in [-0.05, 0) is 58.1 Å². The standard InChI is InChI=1S/C21H29N3O4/c1-7-28-21(26)18-13(2)19(23-14(18)3)20(25)22-12-17(24(4)5)15-8-10-16(27-6)11-9-15/h8-11,17,23H,7,12H2,1-6H3,(H,22,25)/t17-/m1/s1. The number of rotatable bonds is 8. The first-order chi connectivity index (χ1) is 13.3. The van der Waals surface area contributed by atoms with Crippen LogP contribution in [0.1, 0.15) is 50.6 Å². The molecule has 1 aromatic heterocycles. The summed E-state index contributed by atoms with van der Waals surface area (Å²) in [4.78, 5) is 29.9. The van der Waals surface area contributed by atoms with Crippen molar-refractivity contribution in [2.24, 2.45) is 0 Å². The molecule has 1 atom stereocenters. The average Bonchev–Trinajstić information content (AvgIpc) is 2.96. The number of aromatic amines is 1. The number of carbonyl (C=O) groups is 2. The van der Waals surface area contributed by atoms with Crippen LogP contribution >= 0.6 is 0 Å². The number of ether oxygens (including phenoxy) is 2. The van der Waals surface area contributed by atoms with Crippen molar-refractivity contribution in [1.29, 1.82) is 0 Å². The smallest absolute Gasteiger partial charge is 0.340 e. The van der Waals surface area contributed by atoms with Crippen molar-refractivity contribution in [1.82, 2.24) is 15.2 Å². The van der Waals surface area contributed by atoms with Crippen molar-refractivity contribution >= 4 is 11.9 Å². The lowest BCUT2D eigenvalue weighted by atomic mass is 10.1. The molecule has 1 heterocycles. The molecule has 0 radical (unpaired) electrons. The van der Waals surface area contributed by atoms with Crippen molar-refractivity contribution in [2.45, 2.75) is 26.8 Å². The molecule has 2 rings (SSSR count). The summed E-state index contributed by atoms with van der Waals surface area (Å²) in [5.41, 5.74) is 3.09. The average molecular weight is 387 g/mol. The van der Waals surface area contributed by atoms with Gasteiger partial charge in [-0.2, -0.15) is 0 Å². The van der Waals surface area contributed by atoms with E-state index in [-0.39, 0.29) is 18.6 Å². The van der Waals surface area contributed by atoms with Gasteiger partial charge in [0.25, 0.3) is 5.91 Å². The van der Waals surface area contributed by atoms with Crippen LogP contribution in [0.5, 0.6) is 5.75 Å². The third-order valence-corrected chi connectivity index (χ3v) is 4.72. The third-order valence-electron chi connectivity index (χ3n) is 4.72. The van der Waals surface area contributed by atoms with Gasteiger partial charge in [-0.1, -0.05) is 12.1 Å². The summed E-state index contributed by atoms with van der Waals surface area (Å²) in [7, 11) is 5.55. The molecule has 0 aliphatic heterocycles. The Bertz CT molecular complexity index is 825. The summed E-state index contributed by atoms with van der Waals surface area (Å²) in [6, 6.07) is 7.77. The number of methoxy groups -OCH3 is 1. The Balaban J connectivity index is 2.15. The number of aryl methyl sites for hydroxylation is 1. The minimum atomic E-state index is -0.419. The zero-order chi connectivity index (χ0) is 20.8. The van der Waals surface area contributed by atoms with Gasteiger partial charge >= 0.3 is 5.97 Å². The lowest BCUT2D eigenvalue weighted by molar-refractivity contribution is 0.0525. The van der Waals surface area contributed by atoms with E-state index in [9.17, 15) is 9.59 Å². The first-order valence-corrected chi connectivity index (χ1v) is 9.24. The second-order valence-electron chi connectivity index (χ2n) is 6.81. The van der Waals surface area contributed by atoms with Crippen LogP contribution in [0.15, 0.2) is 24.3 Å². The number of carbonyl (C=O) groups excluding carboxylic acids is 2. The number of esters is 1. The molecule has 7 nitrogen and oxygen atoms in total. The highest BCUT2D eigenvalue weighted by molar-refractivity contribution is 6.00. The van der Waals surface area contributed by atoms with Crippen LogP contribution in [-0.2, 0) is 4.74 Å². The molecule has 0 unspecified atom stereocenters. The fraction of sp³-hybridized carbons (Fsp3) is 0.429. The first-order valence-electron chi connectivity index (χ1n) is 9.24. The highest BCUT2D eigenvalue weighted by Gasteiger charge is 2.24. The Labute approximate surface area is 166 Å². The third kappa shape index (κ3) is 4.72. The van der Waals surface area contributed by atoms with E-state index in [4.69, 9.17) is 9.47 Å². The highest BCUT2D eigenvalue weighted by atomic mass is 16.5. The summed E-state index contributed by atoms with van der Waals surface area (Å²) in [6.45, 7) is 5.97. The summed E-state index contributed by atoms with van der Waals surface area (Å²) in [5, 5.41) is 2.96. The van der Waals surface area contributed by atoms with Gasteiger partial charge in [0, 0.05) is 12.2 Å². The quantitative estimate of drug-likeness (QED) is 0.681. The molecular formula is C21H29N3O4. The molecular weight excluding hydrogens is 358 g/mol. The predicted octanol–water partition coefficient (Wildman–Crippen LogP) is 2.85. The fourth-order valence-electron chi connectivity index (χ4n) is 3.19. The number of hydrogen-bond donors (Lipinski definition) is 2. The number of amides is 1. The van der Waals surface area contributed by atoms with E-state index in [1.165, 1.54) is 0 Å². The van der Waals surface area contributed by atoms with Gasteiger partial charge in [-0.3, -0.25) is 4.79 Å².